The number of para-hydroxylation sites is 1. The lowest BCUT2D eigenvalue weighted by Crippen LogP contribution is -2.71. The predicted molar refractivity (Wildman–Crippen MR) is 82.3 cm³/mol. The molecule has 0 atom stereocenters. The fourth-order valence-corrected chi connectivity index (χ4v) is 3.67. The minimum Gasteiger partial charge on any atom is -0.413 e. The summed E-state index contributed by atoms with van der Waals surface area (Å²) in [6.07, 6.45) is 0. The molecule has 2 aromatic rings. The number of tetrazole rings is 1. The summed E-state index contributed by atoms with van der Waals surface area (Å²) < 4.78 is 6.78. The van der Waals surface area contributed by atoms with Crippen LogP contribution in [0.4, 0.5) is 11.6 Å². The highest BCUT2D eigenvalue weighted by molar-refractivity contribution is 6.92. The highest BCUT2D eigenvalue weighted by Crippen LogP contribution is 2.22. The van der Waals surface area contributed by atoms with Crippen LogP contribution in [0, 0.1) is 0 Å². The van der Waals surface area contributed by atoms with Crippen molar-refractivity contribution >= 4 is 35.4 Å². The molecule has 7 nitrogen and oxygen atoms in total. The van der Waals surface area contributed by atoms with Gasteiger partial charge in [0.15, 0.2) is 0 Å². The van der Waals surface area contributed by atoms with Gasteiger partial charge in [0, 0.05) is 5.69 Å². The summed E-state index contributed by atoms with van der Waals surface area (Å²) in [5.41, 5.74) is 1.20. The highest BCUT2D eigenvalue weighted by Gasteiger charge is 2.41. The Labute approximate surface area is 121 Å². The third-order valence-corrected chi connectivity index (χ3v) is 5.36. The summed E-state index contributed by atoms with van der Waals surface area (Å²) in [6.45, 7) is 4.90. The summed E-state index contributed by atoms with van der Waals surface area (Å²) >= 11 is 0. The number of hydrogen-bond acceptors (Lipinski definition) is 6. The van der Waals surface area contributed by atoms with Crippen LogP contribution >= 0.6 is 0 Å². The molecule has 3 rings (SSSR count). The first-order valence-electron chi connectivity index (χ1n) is 6.53. The van der Waals surface area contributed by atoms with Crippen LogP contribution in [0.1, 0.15) is 0 Å². The van der Waals surface area contributed by atoms with E-state index in [0.717, 1.165) is 0 Å². The van der Waals surface area contributed by atoms with E-state index in [1.54, 1.807) is 0 Å². The maximum absolute atomic E-state index is 4.11. The third-order valence-electron chi connectivity index (χ3n) is 3.73. The quantitative estimate of drug-likeness (QED) is 0.796. The SMILES string of the molecule is CB1N(C)B(C)N(c2nn[nH]n2)[Si]N1c1ccccc1. The molecule has 10 heteroatoms. The lowest BCUT2D eigenvalue weighted by atomic mass is 9.62. The van der Waals surface area contributed by atoms with Crippen molar-refractivity contribution in [3.8, 4) is 0 Å². The van der Waals surface area contributed by atoms with Gasteiger partial charge in [0.25, 0.3) is 0 Å². The topological polar surface area (TPSA) is 64.2 Å². The van der Waals surface area contributed by atoms with Gasteiger partial charge < -0.3 is 13.7 Å². The van der Waals surface area contributed by atoms with Crippen molar-refractivity contribution < 1.29 is 0 Å². The van der Waals surface area contributed by atoms with E-state index >= 15 is 0 Å². The molecule has 1 N–H and O–H groups in total. The average Bonchev–Trinajstić information content (AvgIpc) is 3.00. The molecule has 1 aromatic heterocycles. The molecule has 1 aliphatic rings. The first-order chi connectivity index (χ1) is 9.68. The Hall–Kier alpha value is -1.80. The number of hydrogen-bond donors (Lipinski definition) is 1. The monoisotopic (exact) mass is 283 g/mol. The number of anilines is 2. The van der Waals surface area contributed by atoms with Crippen molar-refractivity contribution in [1.29, 1.82) is 0 Å². The molecule has 20 heavy (non-hydrogen) atoms. The van der Waals surface area contributed by atoms with Crippen LogP contribution in [0.2, 0.25) is 13.6 Å². The first-order valence-corrected chi connectivity index (χ1v) is 7.43. The van der Waals surface area contributed by atoms with E-state index in [1.165, 1.54) is 5.69 Å². The molecule has 0 saturated carbocycles. The highest BCUT2D eigenvalue weighted by atomic mass is 28.2. The second-order valence-electron chi connectivity index (χ2n) is 4.82. The minimum absolute atomic E-state index is 0.223. The standard InChI is InChI=1S/C10H15B2N7Si/c1-11-17(3)12(2)19(10-13-15-16-14-10)20-18(11)9-7-5-4-6-8-9/h4-8H,1-3H3,(H,13,14,15,16). The number of H-pyrrole nitrogens is 1. The Morgan fingerprint density at radius 1 is 1.10 bits per heavy atom. The number of benzene rings is 1. The Kier molecular flexibility index (Phi) is 3.49. The molecule has 0 aliphatic carbocycles. The van der Waals surface area contributed by atoms with E-state index in [-0.39, 0.29) is 6.98 Å². The van der Waals surface area contributed by atoms with Crippen molar-refractivity contribution in [2.75, 3.05) is 16.0 Å². The summed E-state index contributed by atoms with van der Waals surface area (Å²) in [5.74, 6) is 0.635. The van der Waals surface area contributed by atoms with Crippen molar-refractivity contribution in [2.45, 2.75) is 13.6 Å². The second kappa shape index (κ2) is 5.29. The molecule has 1 aliphatic heterocycles. The van der Waals surface area contributed by atoms with Crippen LogP contribution in [-0.4, -0.2) is 56.2 Å². The fraction of sp³-hybridized carbons (Fsp3) is 0.300. The van der Waals surface area contributed by atoms with Gasteiger partial charge in [-0.15, -0.1) is 5.10 Å². The van der Waals surface area contributed by atoms with E-state index in [2.05, 4.69) is 79.3 Å². The number of aromatic nitrogens is 4. The zero-order chi connectivity index (χ0) is 14.1. The Bertz CT molecular complexity index is 554. The molecule has 100 valence electrons. The molecule has 0 bridgehead atoms. The van der Waals surface area contributed by atoms with Crippen LogP contribution < -0.4 is 8.95 Å². The van der Waals surface area contributed by atoms with Gasteiger partial charge in [-0.2, -0.15) is 5.21 Å². The van der Waals surface area contributed by atoms with Gasteiger partial charge in [-0.1, -0.05) is 36.9 Å². The number of aromatic amines is 1. The lowest BCUT2D eigenvalue weighted by Gasteiger charge is -2.46. The number of nitrogens with one attached hydrogen (secondary N) is 1. The molecule has 1 fully saturated rings. The summed E-state index contributed by atoms with van der Waals surface area (Å²) in [4.78, 5) is 0. The molecule has 0 spiro atoms. The maximum atomic E-state index is 4.11. The molecule has 2 radical (unpaired) electrons. The Morgan fingerprint density at radius 2 is 1.80 bits per heavy atom. The van der Waals surface area contributed by atoms with Crippen LogP contribution in [0.25, 0.3) is 0 Å². The average molecular weight is 283 g/mol. The Balaban J connectivity index is 1.92. The van der Waals surface area contributed by atoms with Gasteiger partial charge >= 0.3 is 23.8 Å². The van der Waals surface area contributed by atoms with Crippen molar-refractivity contribution in [3.05, 3.63) is 30.3 Å². The van der Waals surface area contributed by atoms with Crippen LogP contribution in [-0.2, 0) is 0 Å². The Morgan fingerprint density at radius 3 is 2.45 bits per heavy atom. The number of nitrogens with zero attached hydrogens (tertiary/aromatic N) is 6. The molecular formula is C10H15B2N7Si. The van der Waals surface area contributed by atoms with Gasteiger partial charge in [0.05, 0.1) is 0 Å². The fourth-order valence-electron chi connectivity index (χ4n) is 2.29. The van der Waals surface area contributed by atoms with E-state index in [1.807, 2.05) is 6.07 Å². The predicted octanol–water partition coefficient (Wildman–Crippen LogP) is 0.228. The van der Waals surface area contributed by atoms with E-state index in [4.69, 9.17) is 0 Å². The molecule has 1 aromatic carbocycles. The maximum Gasteiger partial charge on any atom is 0.324 e. The van der Waals surface area contributed by atoms with E-state index < -0.39 is 0 Å². The van der Waals surface area contributed by atoms with Gasteiger partial charge in [-0.05, 0) is 24.4 Å². The first kappa shape index (κ1) is 13.2. The normalized spacial score (nSPS) is 16.9. The molecule has 2 heterocycles. The molecular weight excluding hydrogens is 268 g/mol. The summed E-state index contributed by atoms with van der Waals surface area (Å²) in [5, 5.41) is 14.4. The van der Waals surface area contributed by atoms with Crippen LogP contribution in [0.3, 0.4) is 0 Å². The summed E-state index contributed by atoms with van der Waals surface area (Å²) in [7, 11) is 2.56. The lowest BCUT2D eigenvalue weighted by molar-refractivity contribution is 0.781. The van der Waals surface area contributed by atoms with E-state index in [0.29, 0.717) is 22.8 Å². The zero-order valence-corrected chi connectivity index (χ0v) is 12.7. The molecule has 0 amide bonds. The van der Waals surface area contributed by atoms with Gasteiger partial charge in [-0.25, -0.2) is 0 Å². The largest absolute Gasteiger partial charge is 0.413 e. The van der Waals surface area contributed by atoms with E-state index in [9.17, 15) is 0 Å². The smallest absolute Gasteiger partial charge is 0.324 e. The van der Waals surface area contributed by atoms with Gasteiger partial charge in [0.2, 0.25) is 5.95 Å². The third kappa shape index (κ3) is 2.20. The summed E-state index contributed by atoms with van der Waals surface area (Å²) in [6, 6.07) is 10.4. The van der Waals surface area contributed by atoms with Crippen molar-refractivity contribution in [1.82, 2.24) is 25.3 Å². The van der Waals surface area contributed by atoms with Gasteiger partial charge in [0.1, 0.15) is 0 Å². The second-order valence-corrected chi connectivity index (χ2v) is 5.98. The van der Waals surface area contributed by atoms with Crippen LogP contribution in [0.15, 0.2) is 30.3 Å². The molecule has 0 unspecified atom stereocenters. The van der Waals surface area contributed by atoms with Crippen molar-refractivity contribution in [3.63, 3.8) is 0 Å². The molecule has 1 saturated heterocycles. The van der Waals surface area contributed by atoms with Crippen molar-refractivity contribution in [2.24, 2.45) is 0 Å². The number of rotatable bonds is 2. The zero-order valence-electron chi connectivity index (χ0n) is 11.7. The van der Waals surface area contributed by atoms with Gasteiger partial charge in [-0.3, -0.25) is 0 Å². The van der Waals surface area contributed by atoms with Crippen LogP contribution in [0.5, 0.6) is 0 Å². The minimum atomic E-state index is 0.223.